The van der Waals surface area contributed by atoms with Crippen molar-refractivity contribution in [1.82, 2.24) is 4.90 Å². The molecule has 30 heavy (non-hydrogen) atoms. The third-order valence-electron chi connectivity index (χ3n) is 5.76. The van der Waals surface area contributed by atoms with Gasteiger partial charge in [-0.05, 0) is 23.3 Å². The Hall–Kier alpha value is -2.86. The third kappa shape index (κ3) is 4.19. The molecule has 2 heterocycles. The highest BCUT2D eigenvalue weighted by molar-refractivity contribution is 5.87. The number of cyclic esters (lactones) is 1. The number of ether oxygens (including phenoxy) is 2. The molecule has 2 saturated heterocycles. The third-order valence-corrected chi connectivity index (χ3v) is 5.76. The minimum Gasteiger partial charge on any atom is -0.432 e. The highest BCUT2D eigenvalue weighted by atomic mass is 16.8. The monoisotopic (exact) mass is 408 g/mol. The molecule has 0 saturated carbocycles. The lowest BCUT2D eigenvalue weighted by Crippen LogP contribution is -2.52. The largest absolute Gasteiger partial charge is 0.432 e. The average Bonchev–Trinajstić information content (AvgIpc) is 3.05. The molecule has 0 radical (unpaired) electrons. The highest BCUT2D eigenvalue weighted by Gasteiger charge is 2.46. The number of nitrogens with zero attached hydrogens (tertiary/aromatic N) is 2. The molecular formula is C24H28N2O4. The first-order chi connectivity index (χ1) is 14.3. The van der Waals surface area contributed by atoms with Gasteiger partial charge in [0.05, 0.1) is 5.92 Å². The van der Waals surface area contributed by atoms with Crippen LogP contribution in [0.15, 0.2) is 54.6 Å². The summed E-state index contributed by atoms with van der Waals surface area (Å²) in [7, 11) is 0. The van der Waals surface area contributed by atoms with Gasteiger partial charge in [0, 0.05) is 45.7 Å². The number of hydrogen-bond donors (Lipinski definition) is 0. The fourth-order valence-corrected chi connectivity index (χ4v) is 4.08. The minimum atomic E-state index is -0.971. The van der Waals surface area contributed by atoms with Crippen LogP contribution in [0.3, 0.4) is 0 Å². The molecule has 4 rings (SSSR count). The van der Waals surface area contributed by atoms with Crippen molar-refractivity contribution < 1.29 is 19.1 Å². The molecule has 0 spiro atoms. The van der Waals surface area contributed by atoms with Gasteiger partial charge in [-0.1, -0.05) is 49.4 Å². The number of benzene rings is 2. The number of rotatable bonds is 4. The Morgan fingerprint density at radius 2 is 1.57 bits per heavy atom. The van der Waals surface area contributed by atoms with Crippen molar-refractivity contribution in [2.45, 2.75) is 32.7 Å². The van der Waals surface area contributed by atoms with Crippen LogP contribution in [0.5, 0.6) is 0 Å². The highest BCUT2D eigenvalue weighted by Crippen LogP contribution is 2.29. The molecule has 0 aliphatic carbocycles. The van der Waals surface area contributed by atoms with E-state index in [1.807, 2.05) is 23.1 Å². The van der Waals surface area contributed by atoms with Gasteiger partial charge in [0.15, 0.2) is 6.10 Å². The van der Waals surface area contributed by atoms with E-state index in [0.29, 0.717) is 13.1 Å². The summed E-state index contributed by atoms with van der Waals surface area (Å²) in [6.07, 6.45) is -0.837. The summed E-state index contributed by atoms with van der Waals surface area (Å²) in [5.41, 5.74) is 3.54. The van der Waals surface area contributed by atoms with Crippen LogP contribution in [-0.2, 0) is 19.1 Å². The van der Waals surface area contributed by atoms with E-state index in [1.165, 1.54) is 11.1 Å². The van der Waals surface area contributed by atoms with Gasteiger partial charge in [0.2, 0.25) is 11.7 Å². The molecule has 0 bridgehead atoms. The molecule has 6 nitrogen and oxygen atoms in total. The van der Waals surface area contributed by atoms with E-state index in [4.69, 9.17) is 9.47 Å². The predicted octanol–water partition coefficient (Wildman–Crippen LogP) is 3.32. The lowest BCUT2D eigenvalue weighted by Gasteiger charge is -2.37. The topological polar surface area (TPSA) is 59.1 Å². The zero-order valence-electron chi connectivity index (χ0n) is 17.7. The number of hydrogen-bond acceptors (Lipinski definition) is 5. The molecule has 2 fully saturated rings. The molecule has 1 amide bonds. The van der Waals surface area contributed by atoms with Crippen LogP contribution in [0.4, 0.5) is 5.69 Å². The van der Waals surface area contributed by atoms with Crippen LogP contribution >= 0.6 is 0 Å². The molecule has 158 valence electrons. The van der Waals surface area contributed by atoms with Crippen LogP contribution in [0.2, 0.25) is 0 Å². The number of carbonyl (C=O) groups is 2. The first-order valence-electron chi connectivity index (χ1n) is 10.4. The lowest BCUT2D eigenvalue weighted by molar-refractivity contribution is -0.162. The quantitative estimate of drug-likeness (QED) is 0.727. The molecule has 2 atom stereocenters. The van der Waals surface area contributed by atoms with Crippen molar-refractivity contribution in [3.63, 3.8) is 0 Å². The van der Waals surface area contributed by atoms with E-state index in [0.717, 1.165) is 18.8 Å². The summed E-state index contributed by atoms with van der Waals surface area (Å²) in [5.74, 6) is -2.05. The van der Waals surface area contributed by atoms with Gasteiger partial charge in [0.25, 0.3) is 0 Å². The van der Waals surface area contributed by atoms with Gasteiger partial charge in [-0.25, -0.2) is 4.79 Å². The summed E-state index contributed by atoms with van der Waals surface area (Å²) in [6.45, 7) is 7.86. The number of anilines is 1. The van der Waals surface area contributed by atoms with E-state index >= 15 is 0 Å². The molecule has 0 unspecified atom stereocenters. The normalized spacial score (nSPS) is 22.0. The van der Waals surface area contributed by atoms with Crippen LogP contribution in [0.1, 0.15) is 20.8 Å². The minimum absolute atomic E-state index is 0.0614. The molecule has 2 aromatic carbocycles. The lowest BCUT2D eigenvalue weighted by atomic mass is 10.0. The second-order valence-corrected chi connectivity index (χ2v) is 8.37. The zero-order chi connectivity index (χ0) is 21.3. The van der Waals surface area contributed by atoms with Gasteiger partial charge >= 0.3 is 5.97 Å². The number of piperazine rings is 1. The van der Waals surface area contributed by atoms with Crippen LogP contribution in [-0.4, -0.2) is 54.8 Å². The maximum absolute atomic E-state index is 12.9. The number of esters is 1. The van der Waals surface area contributed by atoms with E-state index in [9.17, 15) is 9.59 Å². The Morgan fingerprint density at radius 1 is 0.967 bits per heavy atom. The Kier molecular flexibility index (Phi) is 5.52. The van der Waals surface area contributed by atoms with Crippen molar-refractivity contribution >= 4 is 17.6 Å². The van der Waals surface area contributed by atoms with Gasteiger partial charge in [-0.15, -0.1) is 0 Å². The fraction of sp³-hybridized carbons (Fsp3) is 0.417. The molecular weight excluding hydrogens is 380 g/mol. The molecule has 2 aliphatic rings. The standard InChI is InChI=1S/C24H28N2O4/c1-17(21-23(28)30-24(2,3)29-21)22(27)26-15-13-25(14-16-26)20-11-9-19(10-12-20)18-7-5-4-6-8-18/h4-12,17,21H,13-16H2,1-3H3/t17-,21+/m0/s1. The Morgan fingerprint density at radius 3 is 2.13 bits per heavy atom. The zero-order valence-corrected chi connectivity index (χ0v) is 17.7. The molecule has 0 N–H and O–H groups in total. The summed E-state index contributed by atoms with van der Waals surface area (Å²) < 4.78 is 10.8. The van der Waals surface area contributed by atoms with Gasteiger partial charge in [-0.2, -0.15) is 0 Å². The van der Waals surface area contributed by atoms with Crippen molar-refractivity contribution in [3.8, 4) is 11.1 Å². The first-order valence-corrected chi connectivity index (χ1v) is 10.4. The summed E-state index contributed by atoms with van der Waals surface area (Å²) in [5, 5.41) is 0. The van der Waals surface area contributed by atoms with Gasteiger partial charge in [-0.3, -0.25) is 4.79 Å². The molecule has 6 heteroatoms. The van der Waals surface area contributed by atoms with E-state index in [1.54, 1.807) is 20.8 Å². The molecule has 2 aliphatic heterocycles. The van der Waals surface area contributed by atoms with Gasteiger partial charge in [0.1, 0.15) is 0 Å². The number of carbonyl (C=O) groups excluding carboxylic acids is 2. The van der Waals surface area contributed by atoms with Gasteiger partial charge < -0.3 is 19.3 Å². The van der Waals surface area contributed by atoms with Crippen molar-refractivity contribution in [1.29, 1.82) is 0 Å². The smallest absolute Gasteiger partial charge is 0.338 e. The van der Waals surface area contributed by atoms with E-state index < -0.39 is 23.8 Å². The van der Waals surface area contributed by atoms with Crippen molar-refractivity contribution in [2.24, 2.45) is 5.92 Å². The van der Waals surface area contributed by atoms with Crippen LogP contribution < -0.4 is 4.90 Å². The summed E-state index contributed by atoms with van der Waals surface area (Å²) in [6, 6.07) is 18.8. The Balaban J connectivity index is 1.34. The molecule has 2 aromatic rings. The van der Waals surface area contributed by atoms with Crippen molar-refractivity contribution in [3.05, 3.63) is 54.6 Å². The molecule has 0 aromatic heterocycles. The Labute approximate surface area is 177 Å². The second-order valence-electron chi connectivity index (χ2n) is 8.37. The van der Waals surface area contributed by atoms with Crippen LogP contribution in [0.25, 0.3) is 11.1 Å². The van der Waals surface area contributed by atoms with E-state index in [2.05, 4.69) is 41.3 Å². The van der Waals surface area contributed by atoms with E-state index in [-0.39, 0.29) is 5.91 Å². The van der Waals surface area contributed by atoms with Crippen molar-refractivity contribution in [2.75, 3.05) is 31.1 Å². The maximum atomic E-state index is 12.9. The SMILES string of the molecule is C[C@H](C(=O)N1CCN(c2ccc(-c3ccccc3)cc2)CC1)[C@H]1OC(C)(C)OC1=O. The average molecular weight is 408 g/mol. The predicted molar refractivity (Wildman–Crippen MR) is 115 cm³/mol. The summed E-state index contributed by atoms with van der Waals surface area (Å²) in [4.78, 5) is 29.1. The second kappa shape index (κ2) is 8.11. The summed E-state index contributed by atoms with van der Waals surface area (Å²) >= 11 is 0. The first kappa shape index (κ1) is 20.4. The Bertz CT molecular complexity index is 903. The fourth-order valence-electron chi connectivity index (χ4n) is 4.08. The van der Waals surface area contributed by atoms with Crippen LogP contribution in [0, 0.1) is 5.92 Å². The maximum Gasteiger partial charge on any atom is 0.338 e. The number of amides is 1.